The molecule has 2 N–H and O–H groups in total. The molecule has 1 aromatic rings. The van der Waals surface area contributed by atoms with Crippen LogP contribution in [0.3, 0.4) is 0 Å². The standard InChI is InChI=1S/C10H11Cl2NO3S/c1-4(2)7(10(15)16)13-9(14)6-3-5(11)8(12)17-6/h3-4,7H,1-2H3,(H,13,14)(H,15,16). The second kappa shape index (κ2) is 5.71. The van der Waals surface area contributed by atoms with Gasteiger partial charge in [0.2, 0.25) is 0 Å². The van der Waals surface area contributed by atoms with Crippen LogP contribution >= 0.6 is 34.5 Å². The number of nitrogens with one attached hydrogen (secondary N) is 1. The van der Waals surface area contributed by atoms with Gasteiger partial charge < -0.3 is 10.4 Å². The van der Waals surface area contributed by atoms with Gasteiger partial charge >= 0.3 is 5.97 Å². The van der Waals surface area contributed by atoms with Crippen LogP contribution in [0.2, 0.25) is 9.36 Å². The second-order valence-electron chi connectivity index (χ2n) is 3.77. The van der Waals surface area contributed by atoms with Crippen molar-refractivity contribution < 1.29 is 14.7 Å². The number of hydrogen-bond donors (Lipinski definition) is 2. The number of aliphatic carboxylic acids is 1. The normalized spacial score (nSPS) is 12.5. The first-order valence-corrected chi connectivity index (χ1v) is 6.38. The summed E-state index contributed by atoms with van der Waals surface area (Å²) in [5.74, 6) is -1.76. The molecule has 0 aromatic carbocycles. The zero-order chi connectivity index (χ0) is 13.2. The van der Waals surface area contributed by atoms with Gasteiger partial charge in [-0.05, 0) is 12.0 Å². The third-order valence-electron chi connectivity index (χ3n) is 2.09. The van der Waals surface area contributed by atoms with Crippen LogP contribution in [0.25, 0.3) is 0 Å². The fourth-order valence-corrected chi connectivity index (χ4v) is 2.46. The lowest BCUT2D eigenvalue weighted by Gasteiger charge is -2.17. The third-order valence-corrected chi connectivity index (χ3v) is 3.95. The van der Waals surface area contributed by atoms with E-state index in [0.717, 1.165) is 11.3 Å². The maximum Gasteiger partial charge on any atom is 0.326 e. The van der Waals surface area contributed by atoms with E-state index in [9.17, 15) is 9.59 Å². The van der Waals surface area contributed by atoms with E-state index in [4.69, 9.17) is 28.3 Å². The summed E-state index contributed by atoms with van der Waals surface area (Å²) in [6, 6.07) is 0.491. The Labute approximate surface area is 113 Å². The number of carboxylic acids is 1. The number of carboxylic acid groups (broad SMARTS) is 1. The Morgan fingerprint density at radius 3 is 2.35 bits per heavy atom. The van der Waals surface area contributed by atoms with Gasteiger partial charge in [-0.25, -0.2) is 4.79 Å². The van der Waals surface area contributed by atoms with Crippen molar-refractivity contribution in [1.82, 2.24) is 5.32 Å². The van der Waals surface area contributed by atoms with E-state index in [1.54, 1.807) is 13.8 Å². The molecule has 7 heteroatoms. The molecular formula is C10H11Cl2NO3S. The summed E-state index contributed by atoms with van der Waals surface area (Å²) in [6.45, 7) is 3.43. The van der Waals surface area contributed by atoms with Crippen molar-refractivity contribution in [1.29, 1.82) is 0 Å². The maximum absolute atomic E-state index is 11.7. The molecule has 1 rings (SSSR count). The smallest absolute Gasteiger partial charge is 0.326 e. The Hall–Kier alpha value is -0.780. The average Bonchev–Trinajstić information content (AvgIpc) is 2.54. The molecular weight excluding hydrogens is 285 g/mol. The number of carbonyl (C=O) groups is 2. The Kier molecular flexibility index (Phi) is 4.80. The lowest BCUT2D eigenvalue weighted by molar-refractivity contribution is -0.140. The minimum absolute atomic E-state index is 0.206. The average molecular weight is 296 g/mol. The van der Waals surface area contributed by atoms with Gasteiger partial charge in [-0.3, -0.25) is 4.79 Å². The topological polar surface area (TPSA) is 66.4 Å². The molecule has 0 aliphatic carbocycles. The van der Waals surface area contributed by atoms with Gasteiger partial charge in [0.15, 0.2) is 0 Å². The van der Waals surface area contributed by atoms with Crippen LogP contribution in [0.4, 0.5) is 0 Å². The maximum atomic E-state index is 11.7. The van der Waals surface area contributed by atoms with Crippen molar-refractivity contribution in [2.24, 2.45) is 5.92 Å². The molecule has 0 saturated carbocycles. The zero-order valence-corrected chi connectivity index (χ0v) is 11.5. The van der Waals surface area contributed by atoms with Crippen molar-refractivity contribution in [3.63, 3.8) is 0 Å². The van der Waals surface area contributed by atoms with E-state index < -0.39 is 17.9 Å². The molecule has 1 unspecified atom stereocenters. The summed E-state index contributed by atoms with van der Waals surface area (Å²) in [7, 11) is 0. The highest BCUT2D eigenvalue weighted by atomic mass is 35.5. The van der Waals surface area contributed by atoms with Crippen molar-refractivity contribution >= 4 is 46.4 Å². The van der Waals surface area contributed by atoms with Gasteiger partial charge in [0.25, 0.3) is 5.91 Å². The molecule has 0 saturated heterocycles. The number of amides is 1. The summed E-state index contributed by atoms with van der Waals surface area (Å²) >= 11 is 12.5. The molecule has 94 valence electrons. The van der Waals surface area contributed by atoms with Crippen LogP contribution < -0.4 is 5.32 Å². The monoisotopic (exact) mass is 295 g/mol. The lowest BCUT2D eigenvalue weighted by atomic mass is 10.0. The van der Waals surface area contributed by atoms with Crippen molar-refractivity contribution in [3.05, 3.63) is 20.3 Å². The van der Waals surface area contributed by atoms with Crippen molar-refractivity contribution in [2.45, 2.75) is 19.9 Å². The number of halogens is 2. The molecule has 1 amide bonds. The molecule has 0 spiro atoms. The number of thiophene rings is 1. The minimum Gasteiger partial charge on any atom is -0.480 e. The van der Waals surface area contributed by atoms with Crippen LogP contribution in [0.15, 0.2) is 6.07 Å². The minimum atomic E-state index is -1.07. The van der Waals surface area contributed by atoms with E-state index in [2.05, 4.69) is 5.32 Å². The molecule has 0 radical (unpaired) electrons. The number of hydrogen-bond acceptors (Lipinski definition) is 3. The predicted octanol–water partition coefficient (Wildman–Crippen LogP) is 2.89. The van der Waals surface area contributed by atoms with Gasteiger partial charge in [0.05, 0.1) is 9.90 Å². The first-order valence-electron chi connectivity index (χ1n) is 4.81. The molecule has 0 fully saturated rings. The highest BCUT2D eigenvalue weighted by Gasteiger charge is 2.24. The first-order chi connectivity index (χ1) is 7.82. The van der Waals surface area contributed by atoms with Crippen LogP contribution in [-0.2, 0) is 4.79 Å². The Bertz CT molecular complexity index is 425. The second-order valence-corrected chi connectivity index (χ2v) is 5.83. The molecule has 1 heterocycles. The molecule has 0 bridgehead atoms. The summed E-state index contributed by atoms with van der Waals surface area (Å²) in [5, 5.41) is 11.7. The number of carbonyl (C=O) groups excluding carboxylic acids is 1. The predicted molar refractivity (Wildman–Crippen MR) is 68.1 cm³/mol. The number of rotatable bonds is 4. The van der Waals surface area contributed by atoms with E-state index >= 15 is 0 Å². The van der Waals surface area contributed by atoms with Gasteiger partial charge in [-0.1, -0.05) is 37.0 Å². The van der Waals surface area contributed by atoms with E-state index in [-0.39, 0.29) is 5.92 Å². The van der Waals surface area contributed by atoms with Crippen LogP contribution in [0.5, 0.6) is 0 Å². The van der Waals surface area contributed by atoms with E-state index in [1.807, 2.05) is 0 Å². The molecule has 1 atom stereocenters. The lowest BCUT2D eigenvalue weighted by Crippen LogP contribution is -2.44. The summed E-state index contributed by atoms with van der Waals surface area (Å²) in [5.41, 5.74) is 0. The van der Waals surface area contributed by atoms with Gasteiger partial charge in [0, 0.05) is 0 Å². The quantitative estimate of drug-likeness (QED) is 0.897. The van der Waals surface area contributed by atoms with Crippen LogP contribution in [0, 0.1) is 5.92 Å². The van der Waals surface area contributed by atoms with E-state index in [0.29, 0.717) is 14.2 Å². The van der Waals surface area contributed by atoms with Crippen molar-refractivity contribution in [2.75, 3.05) is 0 Å². The highest BCUT2D eigenvalue weighted by Crippen LogP contribution is 2.31. The Balaban J connectivity index is 2.81. The summed E-state index contributed by atoms with van der Waals surface area (Å²) in [4.78, 5) is 23.0. The molecule has 0 aliphatic heterocycles. The first kappa shape index (κ1) is 14.3. The Morgan fingerprint density at radius 2 is 2.00 bits per heavy atom. The highest BCUT2D eigenvalue weighted by molar-refractivity contribution is 7.18. The fraction of sp³-hybridized carbons (Fsp3) is 0.400. The molecule has 4 nitrogen and oxygen atoms in total. The molecule has 0 aliphatic rings. The largest absolute Gasteiger partial charge is 0.480 e. The van der Waals surface area contributed by atoms with Crippen LogP contribution in [0.1, 0.15) is 23.5 Å². The van der Waals surface area contributed by atoms with Crippen LogP contribution in [-0.4, -0.2) is 23.0 Å². The summed E-state index contributed by atoms with van der Waals surface area (Å²) in [6.07, 6.45) is 0. The van der Waals surface area contributed by atoms with Gasteiger partial charge in [-0.2, -0.15) is 0 Å². The van der Waals surface area contributed by atoms with Crippen molar-refractivity contribution in [3.8, 4) is 0 Å². The van der Waals surface area contributed by atoms with Gasteiger partial charge in [0.1, 0.15) is 10.4 Å². The SMILES string of the molecule is CC(C)C(NC(=O)c1cc(Cl)c(Cl)s1)C(=O)O. The molecule has 17 heavy (non-hydrogen) atoms. The van der Waals surface area contributed by atoms with E-state index in [1.165, 1.54) is 6.07 Å². The third kappa shape index (κ3) is 3.59. The van der Waals surface area contributed by atoms with Gasteiger partial charge in [-0.15, -0.1) is 11.3 Å². The zero-order valence-electron chi connectivity index (χ0n) is 9.16. The summed E-state index contributed by atoms with van der Waals surface area (Å²) < 4.78 is 0.313. The Morgan fingerprint density at radius 1 is 1.41 bits per heavy atom. The molecule has 1 aromatic heterocycles. The fourth-order valence-electron chi connectivity index (χ4n) is 1.18.